The zero-order valence-corrected chi connectivity index (χ0v) is 16.4. The van der Waals surface area contributed by atoms with Crippen LogP contribution in [-0.2, 0) is 5.75 Å². The molecule has 1 aromatic heterocycles. The Morgan fingerprint density at radius 1 is 0.828 bits per heavy atom. The van der Waals surface area contributed by atoms with Crippen LogP contribution in [0.5, 0.6) is 0 Å². The van der Waals surface area contributed by atoms with Gasteiger partial charge in [0.15, 0.2) is 17.5 Å². The average molecular weight is 432 g/mol. The first kappa shape index (κ1) is 19.5. The number of rotatable bonds is 5. The minimum atomic E-state index is -0.886. The van der Waals surface area contributed by atoms with E-state index < -0.39 is 17.5 Å². The maximum absolute atomic E-state index is 13.4. The van der Waals surface area contributed by atoms with Gasteiger partial charge in [0.1, 0.15) is 5.82 Å². The van der Waals surface area contributed by atoms with Gasteiger partial charge in [0.05, 0.1) is 10.7 Å². The summed E-state index contributed by atoms with van der Waals surface area (Å²) in [7, 11) is 0. The Morgan fingerprint density at radius 2 is 1.59 bits per heavy atom. The molecule has 0 aliphatic rings. The fraction of sp³-hybridized carbons (Fsp3) is 0.0476. The number of hydrogen-bond donors (Lipinski definition) is 1. The quantitative estimate of drug-likeness (QED) is 0.355. The predicted octanol–water partition coefficient (Wildman–Crippen LogP) is 6.74. The number of nitrogens with zero attached hydrogens (tertiary/aromatic N) is 2. The number of fused-ring (bicyclic) bond motifs is 1. The highest BCUT2D eigenvalue weighted by atomic mass is 35.5. The molecule has 0 unspecified atom stereocenters. The van der Waals surface area contributed by atoms with Crippen LogP contribution in [0.3, 0.4) is 0 Å². The molecule has 1 N–H and O–H groups in total. The third-order valence-corrected chi connectivity index (χ3v) is 5.51. The number of hydrogen-bond acceptors (Lipinski definition) is 4. The maximum Gasteiger partial charge on any atom is 0.160 e. The monoisotopic (exact) mass is 431 g/mol. The van der Waals surface area contributed by atoms with Gasteiger partial charge in [0, 0.05) is 27.1 Å². The Kier molecular flexibility index (Phi) is 5.60. The van der Waals surface area contributed by atoms with Gasteiger partial charge >= 0.3 is 0 Å². The van der Waals surface area contributed by atoms with Gasteiger partial charge in [-0.05, 0) is 36.4 Å². The lowest BCUT2D eigenvalue weighted by molar-refractivity contribution is 0.506. The predicted molar refractivity (Wildman–Crippen MR) is 110 cm³/mol. The van der Waals surface area contributed by atoms with E-state index in [1.165, 1.54) is 30.0 Å². The molecule has 4 aromatic rings. The van der Waals surface area contributed by atoms with Crippen LogP contribution in [0.1, 0.15) is 5.69 Å². The third kappa shape index (κ3) is 4.31. The summed E-state index contributed by atoms with van der Waals surface area (Å²) in [6, 6.07) is 15.6. The molecule has 1 heterocycles. The average Bonchev–Trinajstić information content (AvgIpc) is 2.72. The zero-order valence-electron chi connectivity index (χ0n) is 14.8. The normalized spacial score (nSPS) is 11.0. The first-order chi connectivity index (χ1) is 14.0. The molecule has 0 aliphatic carbocycles. The minimum Gasteiger partial charge on any atom is -0.338 e. The van der Waals surface area contributed by atoms with Crippen molar-refractivity contribution in [3.05, 3.63) is 88.8 Å². The highest BCUT2D eigenvalue weighted by Crippen LogP contribution is 2.31. The van der Waals surface area contributed by atoms with Crippen molar-refractivity contribution < 1.29 is 13.2 Å². The van der Waals surface area contributed by atoms with Gasteiger partial charge in [-0.15, -0.1) is 16.9 Å². The Bertz CT molecular complexity index is 1200. The lowest BCUT2D eigenvalue weighted by atomic mass is 10.1. The minimum absolute atomic E-state index is 0.00631. The maximum atomic E-state index is 13.4. The summed E-state index contributed by atoms with van der Waals surface area (Å²) < 4.78 is 39.9. The number of nitrogens with one attached hydrogen (secondary N) is 1. The molecule has 3 aromatic carbocycles. The summed E-state index contributed by atoms with van der Waals surface area (Å²) in [6.45, 7) is 0. The second-order valence-corrected chi connectivity index (χ2v) is 7.62. The topological polar surface area (TPSA) is 37.8 Å². The van der Waals surface area contributed by atoms with E-state index in [2.05, 4.69) is 15.5 Å². The largest absolute Gasteiger partial charge is 0.338 e. The molecule has 0 amide bonds. The summed E-state index contributed by atoms with van der Waals surface area (Å²) >= 11 is 7.18. The van der Waals surface area contributed by atoms with E-state index in [0.29, 0.717) is 27.8 Å². The molecule has 0 saturated carbocycles. The van der Waals surface area contributed by atoms with Crippen molar-refractivity contribution in [1.29, 1.82) is 0 Å². The molecule has 0 bridgehead atoms. The van der Waals surface area contributed by atoms with Gasteiger partial charge < -0.3 is 5.32 Å². The van der Waals surface area contributed by atoms with Crippen molar-refractivity contribution in [2.24, 2.45) is 0 Å². The lowest BCUT2D eigenvalue weighted by Gasteiger charge is -2.11. The second-order valence-electron chi connectivity index (χ2n) is 6.16. The van der Waals surface area contributed by atoms with Gasteiger partial charge in [0.25, 0.3) is 0 Å². The highest BCUT2D eigenvalue weighted by Gasteiger charge is 2.11. The van der Waals surface area contributed by atoms with E-state index in [9.17, 15) is 13.2 Å². The first-order valence-corrected chi connectivity index (χ1v) is 9.92. The van der Waals surface area contributed by atoms with Gasteiger partial charge in [-0.1, -0.05) is 35.9 Å². The van der Waals surface area contributed by atoms with Crippen molar-refractivity contribution >= 4 is 45.6 Å². The van der Waals surface area contributed by atoms with E-state index in [0.717, 1.165) is 22.9 Å². The lowest BCUT2D eigenvalue weighted by Crippen LogP contribution is -2.01. The van der Waals surface area contributed by atoms with E-state index >= 15 is 0 Å². The van der Waals surface area contributed by atoms with Crippen LogP contribution in [0.2, 0.25) is 5.02 Å². The summed E-state index contributed by atoms with van der Waals surface area (Å²) in [5.74, 6) is -1.33. The standard InChI is InChI=1S/C21H13ClF3N3S/c22-16-9-12(5-7-17(16)23)26-21-15-4-2-1-3-14(15)20(27-28-21)11-29-13-6-8-18(24)19(25)10-13/h1-10H,11H2,(H,26,28). The molecular weight excluding hydrogens is 419 g/mol. The molecular formula is C21H13ClF3N3S. The van der Waals surface area contributed by atoms with Crippen molar-refractivity contribution in [3.63, 3.8) is 0 Å². The molecule has 29 heavy (non-hydrogen) atoms. The van der Waals surface area contributed by atoms with Gasteiger partial charge in [-0.2, -0.15) is 5.10 Å². The van der Waals surface area contributed by atoms with Crippen molar-refractivity contribution in [2.75, 3.05) is 5.32 Å². The zero-order chi connectivity index (χ0) is 20.4. The number of aromatic nitrogens is 2. The Balaban J connectivity index is 1.62. The van der Waals surface area contributed by atoms with E-state index in [1.807, 2.05) is 24.3 Å². The van der Waals surface area contributed by atoms with Gasteiger partial charge in [-0.25, -0.2) is 13.2 Å². The molecule has 0 spiro atoms. The molecule has 0 atom stereocenters. The summed E-state index contributed by atoms with van der Waals surface area (Å²) in [4.78, 5) is 0.595. The molecule has 0 saturated heterocycles. The Hall–Kier alpha value is -2.77. The molecule has 4 rings (SSSR count). The van der Waals surface area contributed by atoms with Crippen molar-refractivity contribution in [1.82, 2.24) is 10.2 Å². The first-order valence-electron chi connectivity index (χ1n) is 8.55. The smallest absolute Gasteiger partial charge is 0.160 e. The van der Waals surface area contributed by atoms with E-state index in [1.54, 1.807) is 6.07 Å². The number of halogens is 4. The SMILES string of the molecule is Fc1ccc(SCc2nnc(Nc3ccc(F)c(Cl)c3)c3ccccc23)cc1F. The number of thioether (sulfide) groups is 1. The molecule has 3 nitrogen and oxygen atoms in total. The van der Waals surface area contributed by atoms with Crippen LogP contribution in [0.4, 0.5) is 24.7 Å². The van der Waals surface area contributed by atoms with E-state index in [-0.39, 0.29) is 5.02 Å². The molecule has 146 valence electrons. The van der Waals surface area contributed by atoms with E-state index in [4.69, 9.17) is 11.6 Å². The summed E-state index contributed by atoms with van der Waals surface area (Å²) in [5.41, 5.74) is 1.29. The second kappa shape index (κ2) is 8.31. The molecule has 0 radical (unpaired) electrons. The summed E-state index contributed by atoms with van der Waals surface area (Å²) in [6.07, 6.45) is 0. The van der Waals surface area contributed by atoms with Gasteiger partial charge in [0.2, 0.25) is 0 Å². The van der Waals surface area contributed by atoms with Crippen LogP contribution < -0.4 is 5.32 Å². The molecule has 8 heteroatoms. The van der Waals surface area contributed by atoms with Crippen LogP contribution in [-0.4, -0.2) is 10.2 Å². The third-order valence-electron chi connectivity index (χ3n) is 4.21. The van der Waals surface area contributed by atoms with Crippen LogP contribution in [0, 0.1) is 17.5 Å². The van der Waals surface area contributed by atoms with Crippen LogP contribution in [0.15, 0.2) is 65.6 Å². The Labute approximate surface area is 173 Å². The van der Waals surface area contributed by atoms with Crippen molar-refractivity contribution in [3.8, 4) is 0 Å². The highest BCUT2D eigenvalue weighted by molar-refractivity contribution is 7.98. The van der Waals surface area contributed by atoms with Crippen LogP contribution >= 0.6 is 23.4 Å². The van der Waals surface area contributed by atoms with Crippen LogP contribution in [0.25, 0.3) is 10.8 Å². The molecule has 0 aliphatic heterocycles. The fourth-order valence-corrected chi connectivity index (χ4v) is 3.84. The van der Waals surface area contributed by atoms with Crippen molar-refractivity contribution in [2.45, 2.75) is 10.6 Å². The van der Waals surface area contributed by atoms with Gasteiger partial charge in [-0.3, -0.25) is 0 Å². The number of benzene rings is 3. The Morgan fingerprint density at radius 3 is 2.34 bits per heavy atom. The fourth-order valence-electron chi connectivity index (χ4n) is 2.79. The molecule has 0 fully saturated rings. The number of anilines is 2. The summed E-state index contributed by atoms with van der Waals surface area (Å²) in [5, 5.41) is 13.3.